The smallest absolute Gasteiger partial charge is 0.408 e. The molecule has 2 amide bonds. The quantitative estimate of drug-likeness (QED) is 0.777. The molecule has 7 nitrogen and oxygen atoms in total. The Bertz CT molecular complexity index is 448. The van der Waals surface area contributed by atoms with Crippen LogP contribution >= 0.6 is 11.8 Å². The number of carboxylic acid groups (broad SMARTS) is 1. The van der Waals surface area contributed by atoms with Gasteiger partial charge < -0.3 is 20.1 Å². The summed E-state index contributed by atoms with van der Waals surface area (Å²) in [5.41, 5.74) is -0.639. The normalized spacial score (nSPS) is 29.2. The van der Waals surface area contributed by atoms with Crippen molar-refractivity contribution >= 4 is 29.7 Å². The highest BCUT2D eigenvalue weighted by Crippen LogP contribution is 2.37. The van der Waals surface area contributed by atoms with Gasteiger partial charge in [0.1, 0.15) is 17.7 Å². The number of amides is 2. The van der Waals surface area contributed by atoms with Gasteiger partial charge in [-0.05, 0) is 20.8 Å². The third-order valence-corrected chi connectivity index (χ3v) is 4.37. The zero-order valence-electron chi connectivity index (χ0n) is 11.6. The molecule has 0 aromatic heterocycles. The second kappa shape index (κ2) is 5.16. The molecule has 2 saturated heterocycles. The van der Waals surface area contributed by atoms with Gasteiger partial charge in [-0.2, -0.15) is 0 Å². The van der Waals surface area contributed by atoms with E-state index in [1.54, 1.807) is 20.8 Å². The van der Waals surface area contributed by atoms with Crippen molar-refractivity contribution in [2.24, 2.45) is 0 Å². The summed E-state index contributed by atoms with van der Waals surface area (Å²) in [4.78, 5) is 36.3. The highest BCUT2D eigenvalue weighted by atomic mass is 32.2. The van der Waals surface area contributed by atoms with Crippen molar-refractivity contribution in [2.45, 2.75) is 50.3 Å². The van der Waals surface area contributed by atoms with E-state index < -0.39 is 29.7 Å². The summed E-state index contributed by atoms with van der Waals surface area (Å²) >= 11 is 1.43. The number of alkyl carbamates (subject to hydrolysis) is 1. The van der Waals surface area contributed by atoms with E-state index in [9.17, 15) is 14.4 Å². The van der Waals surface area contributed by atoms with Gasteiger partial charge in [0, 0.05) is 12.2 Å². The van der Waals surface area contributed by atoms with E-state index in [2.05, 4.69) is 5.32 Å². The van der Waals surface area contributed by atoms with Crippen LogP contribution in [0.3, 0.4) is 0 Å². The van der Waals surface area contributed by atoms with Crippen molar-refractivity contribution < 1.29 is 24.2 Å². The maximum atomic E-state index is 12.2. The molecule has 2 heterocycles. The van der Waals surface area contributed by atoms with Crippen molar-refractivity contribution in [3.63, 3.8) is 0 Å². The first-order valence-electron chi connectivity index (χ1n) is 6.35. The monoisotopic (exact) mass is 302 g/mol. The number of nitrogens with zero attached hydrogens (tertiary/aromatic N) is 1. The minimum absolute atomic E-state index is 0.177. The number of carbonyl (C=O) groups is 3. The number of hydrogen-bond acceptors (Lipinski definition) is 5. The number of rotatable bonds is 2. The summed E-state index contributed by atoms with van der Waals surface area (Å²) < 4.78 is 5.10. The van der Waals surface area contributed by atoms with Gasteiger partial charge >= 0.3 is 12.1 Å². The van der Waals surface area contributed by atoms with Crippen LogP contribution in [-0.2, 0) is 14.3 Å². The lowest BCUT2D eigenvalue weighted by Crippen LogP contribution is -2.47. The first-order valence-corrected chi connectivity index (χ1v) is 7.40. The van der Waals surface area contributed by atoms with Gasteiger partial charge in [0.15, 0.2) is 0 Å². The summed E-state index contributed by atoms with van der Waals surface area (Å²) in [6.45, 7) is 5.20. The van der Waals surface area contributed by atoms with Crippen LogP contribution in [0.15, 0.2) is 0 Å². The third-order valence-electron chi connectivity index (χ3n) is 3.06. The molecule has 112 valence electrons. The van der Waals surface area contributed by atoms with Crippen LogP contribution in [0.1, 0.15) is 27.2 Å². The second-order valence-electron chi connectivity index (χ2n) is 5.82. The zero-order valence-corrected chi connectivity index (χ0v) is 12.4. The Kier molecular flexibility index (Phi) is 3.86. The highest BCUT2D eigenvalue weighted by Gasteiger charge is 2.50. The fraction of sp³-hybridized carbons (Fsp3) is 0.750. The molecule has 0 aliphatic carbocycles. The number of fused-ring (bicyclic) bond motifs is 1. The molecule has 20 heavy (non-hydrogen) atoms. The molecule has 3 atom stereocenters. The predicted octanol–water partition coefficient (Wildman–Crippen LogP) is 0.638. The summed E-state index contributed by atoms with van der Waals surface area (Å²) in [5.74, 6) is -0.963. The first-order chi connectivity index (χ1) is 9.19. The van der Waals surface area contributed by atoms with Crippen molar-refractivity contribution in [2.75, 3.05) is 5.75 Å². The Hall–Kier alpha value is -1.44. The summed E-state index contributed by atoms with van der Waals surface area (Å²) in [5, 5.41) is 11.4. The Morgan fingerprint density at radius 3 is 2.65 bits per heavy atom. The number of aliphatic carboxylic acids is 1. The number of nitrogens with one attached hydrogen (secondary N) is 1. The molecule has 2 unspecified atom stereocenters. The van der Waals surface area contributed by atoms with Crippen LogP contribution in [0.4, 0.5) is 4.79 Å². The Balaban J connectivity index is 1.98. The third kappa shape index (κ3) is 3.00. The van der Waals surface area contributed by atoms with E-state index in [4.69, 9.17) is 9.84 Å². The number of carbonyl (C=O) groups excluding carboxylic acids is 2. The largest absolute Gasteiger partial charge is 0.480 e. The lowest BCUT2D eigenvalue weighted by atomic mass is 10.2. The van der Waals surface area contributed by atoms with E-state index >= 15 is 0 Å². The SMILES string of the molecule is CC(C)(C)OC(=O)NC1C[C@H]2SCC(C(=O)O)N2C1=O. The van der Waals surface area contributed by atoms with E-state index in [0.717, 1.165) is 0 Å². The van der Waals surface area contributed by atoms with Gasteiger partial charge in [-0.1, -0.05) is 0 Å². The molecule has 2 aliphatic rings. The molecule has 2 rings (SSSR count). The van der Waals surface area contributed by atoms with Gasteiger partial charge in [-0.15, -0.1) is 11.8 Å². The van der Waals surface area contributed by atoms with Crippen LogP contribution in [0, 0.1) is 0 Å². The molecular weight excluding hydrogens is 284 g/mol. The van der Waals surface area contributed by atoms with Gasteiger partial charge in [-0.25, -0.2) is 9.59 Å². The fourth-order valence-corrected chi connectivity index (χ4v) is 3.73. The van der Waals surface area contributed by atoms with E-state index in [0.29, 0.717) is 12.2 Å². The Morgan fingerprint density at radius 1 is 1.45 bits per heavy atom. The number of hydrogen-bond donors (Lipinski definition) is 2. The molecule has 0 saturated carbocycles. The van der Waals surface area contributed by atoms with E-state index in [1.165, 1.54) is 16.7 Å². The summed E-state index contributed by atoms with van der Waals surface area (Å²) in [7, 11) is 0. The van der Waals surface area contributed by atoms with Gasteiger partial charge in [0.2, 0.25) is 5.91 Å². The second-order valence-corrected chi connectivity index (χ2v) is 7.03. The topological polar surface area (TPSA) is 95.9 Å². The Morgan fingerprint density at radius 2 is 2.10 bits per heavy atom. The maximum Gasteiger partial charge on any atom is 0.408 e. The van der Waals surface area contributed by atoms with Crippen molar-refractivity contribution in [3.8, 4) is 0 Å². The fourth-order valence-electron chi connectivity index (χ4n) is 2.28. The number of carboxylic acids is 1. The minimum atomic E-state index is -1.01. The average Bonchev–Trinajstić information content (AvgIpc) is 2.78. The molecule has 0 aromatic rings. The van der Waals surface area contributed by atoms with E-state index in [-0.39, 0.29) is 11.3 Å². The molecule has 0 radical (unpaired) electrons. The number of thioether (sulfide) groups is 1. The molecule has 2 N–H and O–H groups in total. The van der Waals surface area contributed by atoms with E-state index in [1.807, 2.05) is 0 Å². The van der Waals surface area contributed by atoms with Crippen molar-refractivity contribution in [3.05, 3.63) is 0 Å². The van der Waals surface area contributed by atoms with Crippen LogP contribution < -0.4 is 5.32 Å². The standard InChI is InChI=1S/C12H18N2O5S/c1-12(2,3)19-11(18)13-6-4-8-14(9(6)15)7(5-20-8)10(16)17/h6-8H,4-5H2,1-3H3,(H,13,18)(H,16,17)/t6?,7?,8-/m1/s1. The first kappa shape index (κ1) is 15.0. The molecule has 0 bridgehead atoms. The van der Waals surface area contributed by atoms with Gasteiger partial charge in [0.05, 0.1) is 5.37 Å². The lowest BCUT2D eigenvalue weighted by molar-refractivity contribution is -0.147. The summed E-state index contributed by atoms with van der Waals surface area (Å²) in [6.07, 6.45) is -0.249. The molecule has 0 aromatic carbocycles. The van der Waals surface area contributed by atoms with Crippen molar-refractivity contribution in [1.82, 2.24) is 10.2 Å². The van der Waals surface area contributed by atoms with Crippen LogP contribution in [0.2, 0.25) is 0 Å². The highest BCUT2D eigenvalue weighted by molar-refractivity contribution is 8.00. The summed E-state index contributed by atoms with van der Waals surface area (Å²) in [6, 6.07) is -1.51. The maximum absolute atomic E-state index is 12.2. The zero-order chi connectivity index (χ0) is 15.1. The molecular formula is C12H18N2O5S. The molecule has 2 aliphatic heterocycles. The van der Waals surface area contributed by atoms with Crippen LogP contribution in [-0.4, -0.2) is 56.8 Å². The van der Waals surface area contributed by atoms with Crippen molar-refractivity contribution in [1.29, 1.82) is 0 Å². The molecule has 0 spiro atoms. The minimum Gasteiger partial charge on any atom is -0.480 e. The Labute approximate surface area is 121 Å². The predicted molar refractivity (Wildman–Crippen MR) is 72.3 cm³/mol. The van der Waals surface area contributed by atoms with Crippen LogP contribution in [0.25, 0.3) is 0 Å². The van der Waals surface area contributed by atoms with Gasteiger partial charge in [0.25, 0.3) is 0 Å². The number of ether oxygens (including phenoxy) is 1. The average molecular weight is 302 g/mol. The molecule has 2 fully saturated rings. The molecule has 8 heteroatoms. The van der Waals surface area contributed by atoms with Gasteiger partial charge in [-0.3, -0.25) is 4.79 Å². The van der Waals surface area contributed by atoms with Crippen LogP contribution in [0.5, 0.6) is 0 Å². The lowest BCUT2D eigenvalue weighted by Gasteiger charge is -2.22.